The summed E-state index contributed by atoms with van der Waals surface area (Å²) in [5.74, 6) is -0.103. The largest absolute Gasteiger partial charge is 0.491 e. The molecule has 24 heavy (non-hydrogen) atoms. The smallest absolute Gasteiger partial charge is 0.332 e. The Morgan fingerprint density at radius 2 is 1.58 bits per heavy atom. The van der Waals surface area contributed by atoms with E-state index in [2.05, 4.69) is 6.92 Å². The van der Waals surface area contributed by atoms with Gasteiger partial charge in [0.1, 0.15) is 12.4 Å². The summed E-state index contributed by atoms with van der Waals surface area (Å²) in [4.78, 5) is 11.2. The van der Waals surface area contributed by atoms with Gasteiger partial charge in [-0.15, -0.1) is 0 Å². The molecule has 0 radical (unpaired) electrons. The fourth-order valence-corrected chi connectivity index (χ4v) is 2.61. The highest BCUT2D eigenvalue weighted by Crippen LogP contribution is 2.12. The van der Waals surface area contributed by atoms with E-state index in [1.54, 1.807) is 0 Å². The quantitative estimate of drug-likeness (QED) is 0.455. The molecule has 0 aliphatic heterocycles. The first-order valence-electron chi connectivity index (χ1n) is 9.26. The summed E-state index contributed by atoms with van der Waals surface area (Å²) < 4.78 is 11.0. The number of unbranched alkanes of at least 4 members (excludes halogenated alkanes) is 7. The van der Waals surface area contributed by atoms with Crippen molar-refractivity contribution in [1.29, 1.82) is 0 Å². The molecule has 1 atom stereocenters. The molecule has 136 valence electrons. The van der Waals surface area contributed by atoms with Gasteiger partial charge in [-0.2, -0.15) is 0 Å². The predicted octanol–water partition coefficient (Wildman–Crippen LogP) is 5.07. The van der Waals surface area contributed by atoms with Crippen molar-refractivity contribution in [3.05, 3.63) is 30.3 Å². The average Bonchev–Trinajstić information content (AvgIpc) is 2.59. The van der Waals surface area contributed by atoms with Gasteiger partial charge in [-0.1, -0.05) is 76.5 Å². The normalized spacial score (nSPS) is 12.0. The van der Waals surface area contributed by atoms with Gasteiger partial charge in [-0.25, -0.2) is 4.79 Å². The molecule has 0 saturated heterocycles. The van der Waals surface area contributed by atoms with Gasteiger partial charge < -0.3 is 14.6 Å². The van der Waals surface area contributed by atoms with E-state index in [0.717, 1.165) is 18.6 Å². The van der Waals surface area contributed by atoms with Crippen molar-refractivity contribution < 1.29 is 19.4 Å². The summed E-state index contributed by atoms with van der Waals surface area (Å²) in [5.41, 5.74) is 0. The molecule has 1 aromatic carbocycles. The van der Waals surface area contributed by atoms with Gasteiger partial charge in [-0.05, 0) is 18.6 Å². The van der Waals surface area contributed by atoms with Gasteiger partial charge in [0.15, 0.2) is 6.10 Å². The molecular formula is C20H32O4. The third kappa shape index (κ3) is 10.3. The highest BCUT2D eigenvalue weighted by atomic mass is 16.5. The zero-order valence-electron chi connectivity index (χ0n) is 14.9. The molecule has 0 aliphatic rings. The first kappa shape index (κ1) is 20.5. The van der Waals surface area contributed by atoms with Crippen LogP contribution in [0.3, 0.4) is 0 Å². The fraction of sp³-hybridized carbons (Fsp3) is 0.650. The molecule has 1 unspecified atom stereocenters. The lowest BCUT2D eigenvalue weighted by atomic mass is 10.1. The summed E-state index contributed by atoms with van der Waals surface area (Å²) in [6, 6.07) is 9.47. The molecule has 0 fully saturated rings. The van der Waals surface area contributed by atoms with Gasteiger partial charge in [0.25, 0.3) is 0 Å². The zero-order valence-corrected chi connectivity index (χ0v) is 14.9. The van der Waals surface area contributed by atoms with Crippen LogP contribution in [-0.4, -0.2) is 30.4 Å². The molecule has 0 aliphatic carbocycles. The molecule has 1 N–H and O–H groups in total. The van der Waals surface area contributed by atoms with Crippen molar-refractivity contribution in [1.82, 2.24) is 0 Å². The fourth-order valence-electron chi connectivity index (χ4n) is 2.61. The van der Waals surface area contributed by atoms with E-state index in [1.807, 2.05) is 30.3 Å². The number of benzene rings is 1. The van der Waals surface area contributed by atoms with Gasteiger partial charge in [0.2, 0.25) is 0 Å². The molecular weight excluding hydrogens is 304 g/mol. The topological polar surface area (TPSA) is 55.8 Å². The van der Waals surface area contributed by atoms with Crippen LogP contribution in [0.4, 0.5) is 0 Å². The number of ether oxygens (including phenoxy) is 2. The standard InChI is InChI=1S/C20H32O4/c1-2-3-4-5-6-7-8-12-15-19(20(21)22)24-17-16-23-18-13-10-9-11-14-18/h9-11,13-14,19H,2-8,12,15-17H2,1H3,(H,21,22). The number of carbonyl (C=O) groups is 1. The Hall–Kier alpha value is -1.55. The van der Waals surface area contributed by atoms with E-state index in [9.17, 15) is 9.90 Å². The summed E-state index contributed by atoms with van der Waals surface area (Å²) >= 11 is 0. The van der Waals surface area contributed by atoms with E-state index in [1.165, 1.54) is 38.5 Å². The second-order valence-corrected chi connectivity index (χ2v) is 6.12. The van der Waals surface area contributed by atoms with Crippen LogP contribution < -0.4 is 4.74 Å². The number of para-hydroxylation sites is 1. The van der Waals surface area contributed by atoms with Crippen molar-refractivity contribution in [3.63, 3.8) is 0 Å². The number of carboxylic acids is 1. The first-order chi connectivity index (χ1) is 11.7. The lowest BCUT2D eigenvalue weighted by Crippen LogP contribution is -2.26. The second-order valence-electron chi connectivity index (χ2n) is 6.12. The van der Waals surface area contributed by atoms with Crippen LogP contribution in [0, 0.1) is 0 Å². The molecule has 1 rings (SSSR count). The SMILES string of the molecule is CCCCCCCCCCC(OCCOc1ccccc1)C(=O)O. The van der Waals surface area contributed by atoms with Crippen molar-refractivity contribution in [3.8, 4) is 5.75 Å². The zero-order chi connectivity index (χ0) is 17.5. The van der Waals surface area contributed by atoms with Crippen LogP contribution in [-0.2, 0) is 9.53 Å². The summed E-state index contributed by atoms with van der Waals surface area (Å²) in [5, 5.41) is 9.22. The molecule has 0 spiro atoms. The van der Waals surface area contributed by atoms with E-state index in [-0.39, 0.29) is 0 Å². The molecule has 1 aromatic rings. The number of hydrogen-bond donors (Lipinski definition) is 1. The van der Waals surface area contributed by atoms with Crippen LogP contribution in [0.15, 0.2) is 30.3 Å². The molecule has 0 bridgehead atoms. The summed E-state index contributed by atoms with van der Waals surface area (Å²) in [6.07, 6.45) is 9.49. The van der Waals surface area contributed by atoms with Crippen LogP contribution in [0.25, 0.3) is 0 Å². The Labute approximate surface area is 146 Å². The molecule has 0 heterocycles. The van der Waals surface area contributed by atoms with Crippen molar-refractivity contribution in [2.45, 2.75) is 70.8 Å². The first-order valence-corrected chi connectivity index (χ1v) is 9.26. The Morgan fingerprint density at radius 3 is 2.21 bits per heavy atom. The van der Waals surface area contributed by atoms with Crippen LogP contribution in [0.5, 0.6) is 5.75 Å². The lowest BCUT2D eigenvalue weighted by Gasteiger charge is -2.14. The summed E-state index contributed by atoms with van der Waals surface area (Å²) in [6.45, 7) is 2.88. The number of carboxylic acid groups (broad SMARTS) is 1. The van der Waals surface area contributed by atoms with E-state index in [4.69, 9.17) is 9.47 Å². The maximum atomic E-state index is 11.2. The maximum absolute atomic E-state index is 11.2. The van der Waals surface area contributed by atoms with Gasteiger partial charge >= 0.3 is 5.97 Å². The molecule has 4 heteroatoms. The maximum Gasteiger partial charge on any atom is 0.332 e. The molecule has 0 saturated carbocycles. The van der Waals surface area contributed by atoms with Gasteiger partial charge in [0, 0.05) is 0 Å². The van der Waals surface area contributed by atoms with Crippen molar-refractivity contribution in [2.24, 2.45) is 0 Å². The van der Waals surface area contributed by atoms with E-state index < -0.39 is 12.1 Å². The number of aliphatic carboxylic acids is 1. The lowest BCUT2D eigenvalue weighted by molar-refractivity contribution is -0.151. The minimum Gasteiger partial charge on any atom is -0.491 e. The predicted molar refractivity (Wildman–Crippen MR) is 96.5 cm³/mol. The Balaban J connectivity index is 2.05. The van der Waals surface area contributed by atoms with Crippen molar-refractivity contribution >= 4 is 5.97 Å². The summed E-state index contributed by atoms with van der Waals surface area (Å²) in [7, 11) is 0. The van der Waals surface area contributed by atoms with E-state index in [0.29, 0.717) is 19.6 Å². The third-order valence-corrected chi connectivity index (χ3v) is 4.01. The van der Waals surface area contributed by atoms with Gasteiger partial charge in [-0.3, -0.25) is 0 Å². The van der Waals surface area contributed by atoms with Crippen LogP contribution in [0.1, 0.15) is 64.7 Å². The Kier molecular flexibility index (Phi) is 11.8. The van der Waals surface area contributed by atoms with E-state index >= 15 is 0 Å². The second kappa shape index (κ2) is 13.8. The minimum atomic E-state index is -0.877. The highest BCUT2D eigenvalue weighted by molar-refractivity contribution is 5.72. The highest BCUT2D eigenvalue weighted by Gasteiger charge is 2.17. The molecule has 0 amide bonds. The number of rotatable bonds is 15. The van der Waals surface area contributed by atoms with Crippen LogP contribution in [0.2, 0.25) is 0 Å². The monoisotopic (exact) mass is 336 g/mol. The Morgan fingerprint density at radius 1 is 0.958 bits per heavy atom. The third-order valence-electron chi connectivity index (χ3n) is 4.01. The number of hydrogen-bond acceptors (Lipinski definition) is 3. The average molecular weight is 336 g/mol. The molecule has 4 nitrogen and oxygen atoms in total. The van der Waals surface area contributed by atoms with Crippen molar-refractivity contribution in [2.75, 3.05) is 13.2 Å². The Bertz CT molecular complexity index is 419. The van der Waals surface area contributed by atoms with Gasteiger partial charge in [0.05, 0.1) is 6.61 Å². The molecule has 0 aromatic heterocycles. The minimum absolute atomic E-state index is 0.295. The van der Waals surface area contributed by atoms with Crippen LogP contribution >= 0.6 is 0 Å².